The van der Waals surface area contributed by atoms with Gasteiger partial charge in [-0.3, -0.25) is 14.3 Å². The highest BCUT2D eigenvalue weighted by Crippen LogP contribution is 2.06. The molecule has 0 aliphatic rings. The van der Waals surface area contributed by atoms with Crippen LogP contribution in [0.5, 0.6) is 0 Å². The van der Waals surface area contributed by atoms with Crippen molar-refractivity contribution in [2.45, 2.75) is 6.54 Å². The molecule has 0 aliphatic heterocycles. The Morgan fingerprint density at radius 3 is 2.83 bits per heavy atom. The summed E-state index contributed by atoms with van der Waals surface area (Å²) in [6.07, 6.45) is 3.14. The van der Waals surface area contributed by atoms with E-state index in [2.05, 4.69) is 31.2 Å². The fourth-order valence-electron chi connectivity index (χ4n) is 1.46. The van der Waals surface area contributed by atoms with E-state index < -0.39 is 11.2 Å². The fourth-order valence-corrected chi connectivity index (χ4v) is 1.81. The minimum Gasteiger partial charge on any atom is -0.373 e. The second-order valence-corrected chi connectivity index (χ2v) is 4.52. The molecule has 94 valence electrons. The van der Waals surface area contributed by atoms with Crippen molar-refractivity contribution in [3.63, 3.8) is 0 Å². The third-order valence-electron chi connectivity index (χ3n) is 2.40. The zero-order valence-corrected chi connectivity index (χ0v) is 11.2. The molecule has 2 aromatic rings. The van der Waals surface area contributed by atoms with Gasteiger partial charge in [0, 0.05) is 19.4 Å². The van der Waals surface area contributed by atoms with E-state index in [4.69, 9.17) is 0 Å². The van der Waals surface area contributed by atoms with Gasteiger partial charge in [0.15, 0.2) is 0 Å². The van der Waals surface area contributed by atoms with E-state index >= 15 is 0 Å². The Hall–Kier alpha value is -1.89. The maximum absolute atomic E-state index is 11.6. The summed E-state index contributed by atoms with van der Waals surface area (Å²) in [6, 6.07) is 3.69. The molecule has 0 saturated carbocycles. The molecule has 0 saturated heterocycles. The van der Waals surface area contributed by atoms with E-state index in [0.717, 1.165) is 11.4 Å². The number of H-pyrrole nitrogens is 1. The fraction of sp³-hybridized carbons (Fsp3) is 0.182. The molecular formula is C11H11BrN4O2. The van der Waals surface area contributed by atoms with E-state index in [1.54, 1.807) is 13.2 Å². The van der Waals surface area contributed by atoms with Crippen molar-refractivity contribution in [3.05, 3.63) is 55.4 Å². The number of nitrogens with zero attached hydrogens (tertiary/aromatic N) is 2. The van der Waals surface area contributed by atoms with Crippen LogP contribution in [0.2, 0.25) is 0 Å². The maximum Gasteiger partial charge on any atom is 0.328 e. The van der Waals surface area contributed by atoms with Crippen LogP contribution in [0.1, 0.15) is 5.56 Å². The SMILES string of the molecule is CNc1ccc(Cn2cc(Br)c(=O)[nH]c2=O)cn1. The molecule has 0 atom stereocenters. The molecule has 0 radical (unpaired) electrons. The number of halogens is 1. The van der Waals surface area contributed by atoms with Crippen molar-refractivity contribution in [2.24, 2.45) is 0 Å². The summed E-state index contributed by atoms with van der Waals surface area (Å²) in [5.41, 5.74) is -0.00384. The molecule has 2 N–H and O–H groups in total. The molecule has 2 heterocycles. The van der Waals surface area contributed by atoms with Crippen molar-refractivity contribution in [3.8, 4) is 0 Å². The number of aromatic amines is 1. The van der Waals surface area contributed by atoms with Crippen molar-refractivity contribution in [1.82, 2.24) is 14.5 Å². The molecular weight excluding hydrogens is 300 g/mol. The molecule has 0 fully saturated rings. The summed E-state index contributed by atoms with van der Waals surface area (Å²) >= 11 is 3.09. The molecule has 0 amide bonds. The lowest BCUT2D eigenvalue weighted by Crippen LogP contribution is -2.30. The molecule has 0 bridgehead atoms. The molecule has 2 aromatic heterocycles. The molecule has 7 heteroatoms. The van der Waals surface area contributed by atoms with E-state index in [9.17, 15) is 9.59 Å². The van der Waals surface area contributed by atoms with Gasteiger partial charge in [-0.2, -0.15) is 0 Å². The first-order chi connectivity index (χ1) is 8.60. The van der Waals surface area contributed by atoms with Crippen LogP contribution in [-0.4, -0.2) is 21.6 Å². The zero-order chi connectivity index (χ0) is 13.1. The quantitative estimate of drug-likeness (QED) is 0.878. The summed E-state index contributed by atoms with van der Waals surface area (Å²) in [7, 11) is 1.78. The van der Waals surface area contributed by atoms with Crippen molar-refractivity contribution in [1.29, 1.82) is 0 Å². The van der Waals surface area contributed by atoms with E-state index in [0.29, 0.717) is 11.0 Å². The van der Waals surface area contributed by atoms with Crippen LogP contribution >= 0.6 is 15.9 Å². The average Bonchev–Trinajstić information content (AvgIpc) is 2.37. The normalized spacial score (nSPS) is 10.3. The highest BCUT2D eigenvalue weighted by Gasteiger charge is 2.03. The molecule has 2 rings (SSSR count). The highest BCUT2D eigenvalue weighted by atomic mass is 79.9. The van der Waals surface area contributed by atoms with Crippen LogP contribution in [0.25, 0.3) is 0 Å². The van der Waals surface area contributed by atoms with Gasteiger partial charge in [0.1, 0.15) is 5.82 Å². The molecule has 6 nitrogen and oxygen atoms in total. The van der Waals surface area contributed by atoms with Crippen molar-refractivity contribution in [2.75, 3.05) is 12.4 Å². The predicted octanol–water partition coefficient (Wildman–Crippen LogP) is 0.784. The van der Waals surface area contributed by atoms with Crippen LogP contribution < -0.4 is 16.6 Å². The minimum absolute atomic E-state index is 0.321. The number of nitrogens with one attached hydrogen (secondary N) is 2. The Balaban J connectivity index is 2.31. The van der Waals surface area contributed by atoms with Gasteiger partial charge in [-0.15, -0.1) is 0 Å². The largest absolute Gasteiger partial charge is 0.373 e. The Labute approximate surface area is 111 Å². The summed E-state index contributed by atoms with van der Waals surface area (Å²) in [4.78, 5) is 29.1. The minimum atomic E-state index is -0.444. The number of rotatable bonds is 3. The number of hydrogen-bond acceptors (Lipinski definition) is 4. The Morgan fingerprint density at radius 2 is 2.22 bits per heavy atom. The first-order valence-corrected chi connectivity index (χ1v) is 6.01. The zero-order valence-electron chi connectivity index (χ0n) is 9.61. The van der Waals surface area contributed by atoms with Crippen molar-refractivity contribution >= 4 is 21.7 Å². The third kappa shape index (κ3) is 2.67. The van der Waals surface area contributed by atoms with Crippen LogP contribution in [0.15, 0.2) is 38.6 Å². The molecule has 0 aromatic carbocycles. The molecule has 0 spiro atoms. The lowest BCUT2D eigenvalue weighted by molar-refractivity contribution is 0.714. The van der Waals surface area contributed by atoms with Gasteiger partial charge in [0.2, 0.25) is 0 Å². The van der Waals surface area contributed by atoms with Gasteiger partial charge in [-0.1, -0.05) is 6.07 Å². The Bertz CT molecular complexity index is 660. The first-order valence-electron chi connectivity index (χ1n) is 5.22. The monoisotopic (exact) mass is 310 g/mol. The van der Waals surface area contributed by atoms with Gasteiger partial charge < -0.3 is 5.32 Å². The first kappa shape index (κ1) is 12.6. The van der Waals surface area contributed by atoms with Gasteiger partial charge >= 0.3 is 5.69 Å². The molecule has 18 heavy (non-hydrogen) atoms. The smallest absolute Gasteiger partial charge is 0.328 e. The topological polar surface area (TPSA) is 79.8 Å². The predicted molar refractivity (Wildman–Crippen MR) is 71.9 cm³/mol. The van der Waals surface area contributed by atoms with Crippen LogP contribution in [0, 0.1) is 0 Å². The molecule has 0 unspecified atom stereocenters. The lowest BCUT2D eigenvalue weighted by atomic mass is 10.3. The maximum atomic E-state index is 11.6. The van der Waals surface area contributed by atoms with Gasteiger partial charge in [0.25, 0.3) is 5.56 Å². The van der Waals surface area contributed by atoms with Crippen LogP contribution in [0.3, 0.4) is 0 Å². The Kier molecular flexibility index (Phi) is 3.61. The summed E-state index contributed by atoms with van der Waals surface area (Å²) in [5, 5.41) is 2.91. The highest BCUT2D eigenvalue weighted by molar-refractivity contribution is 9.10. The summed E-state index contributed by atoms with van der Waals surface area (Å²) in [6.45, 7) is 0.352. The van der Waals surface area contributed by atoms with Gasteiger partial charge in [-0.25, -0.2) is 9.78 Å². The Morgan fingerprint density at radius 1 is 1.44 bits per heavy atom. The van der Waals surface area contributed by atoms with Gasteiger partial charge in [0.05, 0.1) is 11.0 Å². The second kappa shape index (κ2) is 5.18. The summed E-state index contributed by atoms with van der Waals surface area (Å²) in [5.74, 6) is 0.758. The van der Waals surface area contributed by atoms with Gasteiger partial charge in [-0.05, 0) is 27.6 Å². The number of anilines is 1. The lowest BCUT2D eigenvalue weighted by Gasteiger charge is -2.06. The second-order valence-electron chi connectivity index (χ2n) is 3.67. The number of aromatic nitrogens is 3. The summed E-state index contributed by atoms with van der Waals surface area (Å²) < 4.78 is 1.73. The van der Waals surface area contributed by atoms with Crippen LogP contribution in [0.4, 0.5) is 5.82 Å². The average molecular weight is 311 g/mol. The van der Waals surface area contributed by atoms with E-state index in [1.807, 2.05) is 12.1 Å². The number of pyridine rings is 1. The molecule has 0 aliphatic carbocycles. The standard InChI is InChI=1S/C11H11BrN4O2/c1-13-9-3-2-7(4-14-9)5-16-6-8(12)10(17)15-11(16)18/h2-4,6H,5H2,1H3,(H,13,14)(H,15,17,18). The van der Waals surface area contributed by atoms with Crippen LogP contribution in [-0.2, 0) is 6.54 Å². The van der Waals surface area contributed by atoms with Crippen molar-refractivity contribution < 1.29 is 0 Å². The number of hydrogen-bond donors (Lipinski definition) is 2. The third-order valence-corrected chi connectivity index (χ3v) is 2.97. The van der Waals surface area contributed by atoms with E-state index in [-0.39, 0.29) is 0 Å². The van der Waals surface area contributed by atoms with E-state index in [1.165, 1.54) is 10.8 Å².